The molecule has 11 nitrogen and oxygen atoms in total. The predicted molar refractivity (Wildman–Crippen MR) is 150 cm³/mol. The molecule has 13 heteroatoms. The molecule has 3 aromatic rings. The van der Waals surface area contributed by atoms with Crippen LogP contribution < -0.4 is 15.4 Å². The van der Waals surface area contributed by atoms with E-state index in [1.165, 1.54) is 30.6 Å². The quantitative estimate of drug-likeness (QED) is 0.169. The second-order valence-corrected chi connectivity index (χ2v) is 11.9. The van der Waals surface area contributed by atoms with Crippen molar-refractivity contribution in [3.63, 3.8) is 0 Å². The molecule has 4 rings (SSSR count). The van der Waals surface area contributed by atoms with Gasteiger partial charge in [0.1, 0.15) is 12.4 Å². The summed E-state index contributed by atoms with van der Waals surface area (Å²) in [6.07, 6.45) is 0.781. The smallest absolute Gasteiger partial charge is 0.280 e. The van der Waals surface area contributed by atoms with Gasteiger partial charge in [0, 0.05) is 32.2 Å². The molecule has 2 N–H and O–H groups in total. The van der Waals surface area contributed by atoms with E-state index >= 15 is 0 Å². The van der Waals surface area contributed by atoms with Crippen molar-refractivity contribution in [2.75, 3.05) is 58.2 Å². The maximum atomic E-state index is 13.3. The number of rotatable bonds is 14. The monoisotopic (exact) mass is 576 g/mol. The first-order chi connectivity index (χ1) is 18.9. The number of sulfone groups is 1. The molecular weight excluding hydrogens is 544 g/mol. The highest BCUT2D eigenvalue weighted by atomic mass is 32.2. The molecule has 1 aromatic heterocycles. The van der Waals surface area contributed by atoms with Gasteiger partial charge < -0.3 is 24.4 Å². The second-order valence-electron chi connectivity index (χ2n) is 8.78. The molecule has 1 saturated heterocycles. The van der Waals surface area contributed by atoms with E-state index in [4.69, 9.17) is 19.0 Å². The zero-order chi connectivity index (χ0) is 27.7. The van der Waals surface area contributed by atoms with E-state index < -0.39 is 15.7 Å². The Kier molecular flexibility index (Phi) is 10.2. The third-order valence-corrected chi connectivity index (χ3v) is 8.60. The Morgan fingerprint density at radius 2 is 2.03 bits per heavy atom. The van der Waals surface area contributed by atoms with Crippen molar-refractivity contribution in [3.8, 4) is 5.75 Å². The van der Waals surface area contributed by atoms with Gasteiger partial charge in [-0.1, -0.05) is 28.6 Å². The standard InChI is InChI=1S/C26H32N4O7S2/c1-27-11-14-36-19-6-9-22-23(16-19)38-26(28-22)29-25(31)24(30-37-20-10-13-35-17-20)18-4-7-21(8-5-18)39(32,33)15-3-12-34-2/h4-9,16,20,27H,3,10-15,17H2,1-2H3,(H,28,29,31)/t20-/m1/s1. The van der Waals surface area contributed by atoms with Gasteiger partial charge in [-0.3, -0.25) is 10.1 Å². The predicted octanol–water partition coefficient (Wildman–Crippen LogP) is 2.85. The van der Waals surface area contributed by atoms with Crippen molar-refractivity contribution in [2.24, 2.45) is 5.16 Å². The molecule has 0 radical (unpaired) electrons. The van der Waals surface area contributed by atoms with Crippen LogP contribution in [0.25, 0.3) is 10.2 Å². The lowest BCUT2D eigenvalue weighted by Crippen LogP contribution is -2.25. The number of nitrogens with one attached hydrogen (secondary N) is 2. The molecule has 2 aromatic carbocycles. The van der Waals surface area contributed by atoms with E-state index in [0.717, 1.165) is 16.8 Å². The Morgan fingerprint density at radius 1 is 1.21 bits per heavy atom. The number of nitrogens with zero attached hydrogens (tertiary/aromatic N) is 2. The van der Waals surface area contributed by atoms with Crippen molar-refractivity contribution in [1.29, 1.82) is 0 Å². The zero-order valence-corrected chi connectivity index (χ0v) is 23.5. The Hall–Kier alpha value is -3.10. The molecule has 1 fully saturated rings. The number of aromatic nitrogens is 1. The number of thiazole rings is 1. The molecule has 0 aliphatic carbocycles. The zero-order valence-electron chi connectivity index (χ0n) is 21.8. The summed E-state index contributed by atoms with van der Waals surface area (Å²) < 4.78 is 42.1. The van der Waals surface area contributed by atoms with Gasteiger partial charge in [-0.25, -0.2) is 13.4 Å². The highest BCUT2D eigenvalue weighted by Gasteiger charge is 2.22. The molecule has 1 amide bonds. The molecule has 0 unspecified atom stereocenters. The van der Waals surface area contributed by atoms with Crippen LogP contribution in [0.2, 0.25) is 0 Å². The molecule has 2 heterocycles. The summed E-state index contributed by atoms with van der Waals surface area (Å²) in [6, 6.07) is 11.6. The summed E-state index contributed by atoms with van der Waals surface area (Å²) >= 11 is 1.31. The van der Waals surface area contributed by atoms with E-state index in [-0.39, 0.29) is 22.5 Å². The summed E-state index contributed by atoms with van der Waals surface area (Å²) in [4.78, 5) is 23.6. The van der Waals surface area contributed by atoms with Crippen molar-refractivity contribution in [3.05, 3.63) is 48.0 Å². The maximum Gasteiger partial charge on any atom is 0.280 e. The number of oxime groups is 1. The Balaban J connectivity index is 1.53. The van der Waals surface area contributed by atoms with Crippen LogP contribution >= 0.6 is 11.3 Å². The Morgan fingerprint density at radius 3 is 2.74 bits per heavy atom. The van der Waals surface area contributed by atoms with Gasteiger partial charge in [0.2, 0.25) is 0 Å². The molecule has 210 valence electrons. The highest BCUT2D eigenvalue weighted by molar-refractivity contribution is 7.91. The number of hydrogen-bond donors (Lipinski definition) is 2. The average Bonchev–Trinajstić information content (AvgIpc) is 3.59. The minimum atomic E-state index is -3.49. The summed E-state index contributed by atoms with van der Waals surface area (Å²) in [5.41, 5.74) is 1.13. The molecule has 1 aliphatic rings. The van der Waals surface area contributed by atoms with Crippen molar-refractivity contribution in [2.45, 2.75) is 23.8 Å². The average molecular weight is 577 g/mol. The first-order valence-corrected chi connectivity index (χ1v) is 15.0. The third kappa shape index (κ3) is 7.96. The topological polar surface area (TPSA) is 137 Å². The molecule has 1 aliphatic heterocycles. The fourth-order valence-corrected chi connectivity index (χ4v) is 5.93. The number of anilines is 1. The van der Waals surface area contributed by atoms with Crippen LogP contribution in [0.5, 0.6) is 5.75 Å². The van der Waals surface area contributed by atoms with Gasteiger partial charge >= 0.3 is 0 Å². The van der Waals surface area contributed by atoms with Crippen LogP contribution in [-0.2, 0) is 28.9 Å². The van der Waals surface area contributed by atoms with E-state index in [9.17, 15) is 13.2 Å². The minimum Gasteiger partial charge on any atom is -0.492 e. The van der Waals surface area contributed by atoms with Crippen molar-refractivity contribution in [1.82, 2.24) is 10.3 Å². The molecule has 0 spiro atoms. The van der Waals surface area contributed by atoms with E-state index in [0.29, 0.717) is 55.7 Å². The summed E-state index contributed by atoms with van der Waals surface area (Å²) in [7, 11) is -0.101. The fraction of sp³-hybridized carbons (Fsp3) is 0.423. The van der Waals surface area contributed by atoms with Crippen LogP contribution in [0.1, 0.15) is 18.4 Å². The van der Waals surface area contributed by atoms with Crippen LogP contribution in [0.3, 0.4) is 0 Å². The number of benzene rings is 2. The minimum absolute atomic E-state index is 0.000532. The number of carbonyl (C=O) groups excluding carboxylic acids is 1. The first kappa shape index (κ1) is 28.9. The molecule has 39 heavy (non-hydrogen) atoms. The number of fused-ring (bicyclic) bond motifs is 1. The SMILES string of the molecule is CNCCOc1ccc2nc(NC(=O)C(=NO[C@@H]3CCOC3)c3ccc(S(=O)(=O)CCCOC)cc3)sc2c1. The molecule has 1 atom stereocenters. The molecule has 0 saturated carbocycles. The summed E-state index contributed by atoms with van der Waals surface area (Å²) in [5, 5.41) is 10.4. The fourth-order valence-electron chi connectivity index (χ4n) is 3.76. The van der Waals surface area contributed by atoms with Crippen LogP contribution in [0.15, 0.2) is 52.5 Å². The second kappa shape index (κ2) is 13.8. The van der Waals surface area contributed by atoms with Crippen LogP contribution in [0.4, 0.5) is 5.13 Å². The van der Waals surface area contributed by atoms with Gasteiger partial charge in [0.05, 0.1) is 34.1 Å². The van der Waals surface area contributed by atoms with Crippen molar-refractivity contribution < 1.29 is 32.3 Å². The lowest BCUT2D eigenvalue weighted by Gasteiger charge is -2.10. The van der Waals surface area contributed by atoms with Gasteiger partial charge in [-0.05, 0) is 43.8 Å². The van der Waals surface area contributed by atoms with Gasteiger partial charge in [-0.15, -0.1) is 0 Å². The van der Waals surface area contributed by atoms with E-state index in [1.54, 1.807) is 12.1 Å². The van der Waals surface area contributed by atoms with Gasteiger partial charge in [-0.2, -0.15) is 0 Å². The summed E-state index contributed by atoms with van der Waals surface area (Å²) in [5.74, 6) is 0.145. The number of methoxy groups -OCH3 is 1. The Bertz CT molecular complexity index is 1390. The lowest BCUT2D eigenvalue weighted by molar-refractivity contribution is -0.110. The normalized spacial score (nSPS) is 15.9. The first-order valence-electron chi connectivity index (χ1n) is 12.5. The van der Waals surface area contributed by atoms with Crippen LogP contribution in [0, 0.1) is 0 Å². The van der Waals surface area contributed by atoms with Gasteiger partial charge in [0.25, 0.3) is 5.91 Å². The van der Waals surface area contributed by atoms with Gasteiger partial charge in [0.15, 0.2) is 26.8 Å². The van der Waals surface area contributed by atoms with E-state index in [1.807, 2.05) is 25.2 Å². The number of amides is 1. The van der Waals surface area contributed by atoms with Crippen LogP contribution in [-0.4, -0.2) is 84.0 Å². The molecular formula is C26H32N4O7S2. The third-order valence-electron chi connectivity index (χ3n) is 5.85. The molecule has 0 bridgehead atoms. The van der Waals surface area contributed by atoms with E-state index in [2.05, 4.69) is 20.8 Å². The number of ether oxygens (including phenoxy) is 3. The maximum absolute atomic E-state index is 13.3. The Labute approximate surface area is 231 Å². The number of likely N-dealkylation sites (N-methyl/N-ethyl adjacent to an activating group) is 1. The number of hydrogen-bond acceptors (Lipinski definition) is 11. The highest BCUT2D eigenvalue weighted by Crippen LogP contribution is 2.29. The summed E-state index contributed by atoms with van der Waals surface area (Å²) in [6.45, 7) is 2.55. The van der Waals surface area contributed by atoms with Crippen molar-refractivity contribution >= 4 is 48.1 Å². The lowest BCUT2D eigenvalue weighted by atomic mass is 10.1. The number of carbonyl (C=O) groups is 1. The largest absolute Gasteiger partial charge is 0.492 e.